The van der Waals surface area contributed by atoms with E-state index >= 15 is 0 Å². The number of hydrogen-bond donors (Lipinski definition) is 1. The highest BCUT2D eigenvalue weighted by Gasteiger charge is 2.50. The Morgan fingerprint density at radius 2 is 2.00 bits per heavy atom. The number of thioether (sulfide) groups is 1. The number of nitrogens with one attached hydrogen (secondary N) is 1. The quantitative estimate of drug-likeness (QED) is 0.584. The van der Waals surface area contributed by atoms with Crippen LogP contribution in [0.5, 0.6) is 5.75 Å². The van der Waals surface area contributed by atoms with Gasteiger partial charge in [0.2, 0.25) is 5.78 Å². The standard InChI is InChI=1S/C20H20N2O4S/c1-2-12-5-8-15(21-10-12)16(23)11-25-14-6-3-13(4-7-14)9-17-18-19(26-18)22-20(24)27-17/h3-8,10,17-19H,2,9,11H2,1H3,(H,22,24). The molecule has 0 bridgehead atoms. The molecule has 2 saturated heterocycles. The highest BCUT2D eigenvalue weighted by atomic mass is 32.2. The Morgan fingerprint density at radius 3 is 2.70 bits per heavy atom. The van der Waals surface area contributed by atoms with Gasteiger partial charge >= 0.3 is 0 Å². The predicted octanol–water partition coefficient (Wildman–Crippen LogP) is 3.00. The maximum absolute atomic E-state index is 12.2. The van der Waals surface area contributed by atoms with Crippen LogP contribution in [0.3, 0.4) is 0 Å². The summed E-state index contributed by atoms with van der Waals surface area (Å²) in [6, 6.07) is 11.2. The smallest absolute Gasteiger partial charge is 0.281 e. The largest absolute Gasteiger partial charge is 0.485 e. The molecule has 7 heteroatoms. The zero-order valence-corrected chi connectivity index (χ0v) is 15.7. The molecular formula is C20H20N2O4S. The first-order valence-electron chi connectivity index (χ1n) is 8.95. The van der Waals surface area contributed by atoms with E-state index < -0.39 is 0 Å². The third kappa shape index (κ3) is 4.31. The second-order valence-electron chi connectivity index (χ2n) is 6.57. The first kappa shape index (κ1) is 18.0. The molecule has 2 aliphatic heterocycles. The van der Waals surface area contributed by atoms with Gasteiger partial charge < -0.3 is 14.8 Å². The Kier molecular flexibility index (Phi) is 5.13. The van der Waals surface area contributed by atoms with Gasteiger partial charge in [-0.05, 0) is 42.2 Å². The number of rotatable bonds is 7. The van der Waals surface area contributed by atoms with Gasteiger partial charge in [0.25, 0.3) is 5.24 Å². The Balaban J connectivity index is 1.30. The number of pyridine rings is 1. The van der Waals surface area contributed by atoms with Crippen molar-refractivity contribution in [3.8, 4) is 5.75 Å². The van der Waals surface area contributed by atoms with Crippen LogP contribution in [0.1, 0.15) is 28.5 Å². The first-order valence-corrected chi connectivity index (χ1v) is 9.83. The van der Waals surface area contributed by atoms with E-state index in [4.69, 9.17) is 9.47 Å². The molecule has 6 nitrogen and oxygen atoms in total. The molecule has 0 radical (unpaired) electrons. The summed E-state index contributed by atoms with van der Waals surface area (Å²) in [7, 11) is 0. The number of hydrogen-bond acceptors (Lipinski definition) is 6. The van der Waals surface area contributed by atoms with Crippen molar-refractivity contribution >= 4 is 22.8 Å². The lowest BCUT2D eigenvalue weighted by Gasteiger charge is -2.17. The molecule has 27 heavy (non-hydrogen) atoms. The number of ketones is 1. The summed E-state index contributed by atoms with van der Waals surface area (Å²) in [4.78, 5) is 27.9. The molecule has 4 rings (SSSR count). The van der Waals surface area contributed by atoms with Crippen LogP contribution < -0.4 is 10.1 Å². The number of epoxide rings is 1. The van der Waals surface area contributed by atoms with Crippen molar-refractivity contribution in [3.63, 3.8) is 0 Å². The Hall–Kier alpha value is -2.38. The number of carbonyl (C=O) groups excluding carboxylic acids is 2. The van der Waals surface area contributed by atoms with Gasteiger partial charge in [0.05, 0.1) is 0 Å². The van der Waals surface area contributed by atoms with Gasteiger partial charge in [-0.3, -0.25) is 14.6 Å². The van der Waals surface area contributed by atoms with Crippen LogP contribution >= 0.6 is 11.8 Å². The third-order valence-electron chi connectivity index (χ3n) is 4.66. The summed E-state index contributed by atoms with van der Waals surface area (Å²) in [5, 5.41) is 2.87. The molecular weight excluding hydrogens is 364 g/mol. The van der Waals surface area contributed by atoms with Crippen molar-refractivity contribution in [1.82, 2.24) is 10.3 Å². The fraction of sp³-hybridized carbons (Fsp3) is 0.350. The van der Waals surface area contributed by atoms with Crippen molar-refractivity contribution in [2.24, 2.45) is 0 Å². The zero-order valence-electron chi connectivity index (χ0n) is 14.9. The number of fused-ring (bicyclic) bond motifs is 1. The SMILES string of the molecule is CCc1ccc(C(=O)COc2ccc(CC3SC(=O)NC4OC43)cc2)nc1. The van der Waals surface area contributed by atoms with E-state index in [1.54, 1.807) is 12.3 Å². The van der Waals surface area contributed by atoms with Crippen LogP contribution in [-0.2, 0) is 17.6 Å². The van der Waals surface area contributed by atoms with Gasteiger partial charge in [0, 0.05) is 11.4 Å². The van der Waals surface area contributed by atoms with Gasteiger partial charge in [0.1, 0.15) is 17.5 Å². The number of ether oxygens (including phenoxy) is 2. The maximum Gasteiger partial charge on any atom is 0.281 e. The molecule has 0 aliphatic carbocycles. The Morgan fingerprint density at radius 1 is 1.22 bits per heavy atom. The molecule has 2 fully saturated rings. The minimum atomic E-state index is -0.150. The van der Waals surface area contributed by atoms with Crippen LogP contribution in [0.2, 0.25) is 0 Å². The molecule has 3 heterocycles. The van der Waals surface area contributed by atoms with Gasteiger partial charge in [-0.15, -0.1) is 0 Å². The topological polar surface area (TPSA) is 80.8 Å². The van der Waals surface area contributed by atoms with Crippen LogP contribution in [0.4, 0.5) is 4.79 Å². The molecule has 1 aromatic heterocycles. The van der Waals surface area contributed by atoms with E-state index in [-0.39, 0.29) is 35.2 Å². The second-order valence-corrected chi connectivity index (χ2v) is 7.79. The second kappa shape index (κ2) is 7.70. The monoisotopic (exact) mass is 384 g/mol. The molecule has 2 aliphatic rings. The molecule has 2 aromatic rings. The summed E-state index contributed by atoms with van der Waals surface area (Å²) in [5.74, 6) is 0.482. The van der Waals surface area contributed by atoms with E-state index in [1.807, 2.05) is 37.3 Å². The van der Waals surface area contributed by atoms with Crippen molar-refractivity contribution in [2.75, 3.05) is 6.61 Å². The molecule has 0 spiro atoms. The van der Waals surface area contributed by atoms with Crippen LogP contribution in [0, 0.1) is 0 Å². The van der Waals surface area contributed by atoms with Gasteiger partial charge in [0.15, 0.2) is 12.8 Å². The zero-order chi connectivity index (χ0) is 18.8. The molecule has 1 amide bonds. The van der Waals surface area contributed by atoms with Crippen LogP contribution in [-0.4, -0.2) is 40.2 Å². The minimum absolute atomic E-state index is 0.0298. The summed E-state index contributed by atoms with van der Waals surface area (Å²) in [5.41, 5.74) is 2.61. The van der Waals surface area contributed by atoms with Crippen LogP contribution in [0.25, 0.3) is 0 Å². The predicted molar refractivity (Wildman–Crippen MR) is 102 cm³/mol. The normalized spacial score (nSPS) is 23.3. The first-order chi connectivity index (χ1) is 13.1. The maximum atomic E-state index is 12.2. The number of aromatic nitrogens is 1. The number of benzene rings is 1. The van der Waals surface area contributed by atoms with Crippen molar-refractivity contribution in [1.29, 1.82) is 0 Å². The Labute approximate surface area is 161 Å². The minimum Gasteiger partial charge on any atom is -0.485 e. The number of aryl methyl sites for hydroxylation is 1. The summed E-state index contributed by atoms with van der Waals surface area (Å²) < 4.78 is 11.0. The number of nitrogens with zero attached hydrogens (tertiary/aromatic N) is 1. The lowest BCUT2D eigenvalue weighted by molar-refractivity contribution is 0.0916. The lowest BCUT2D eigenvalue weighted by Crippen LogP contribution is -2.35. The van der Waals surface area contributed by atoms with E-state index in [0.717, 1.165) is 24.0 Å². The molecule has 140 valence electrons. The molecule has 1 N–H and O–H groups in total. The molecule has 3 atom stereocenters. The van der Waals surface area contributed by atoms with Crippen molar-refractivity contribution in [2.45, 2.75) is 37.3 Å². The summed E-state index contributed by atoms with van der Waals surface area (Å²) >= 11 is 1.29. The summed E-state index contributed by atoms with van der Waals surface area (Å²) in [6.45, 7) is 2.00. The fourth-order valence-electron chi connectivity index (χ4n) is 3.01. The molecule has 0 saturated carbocycles. The molecule has 3 unspecified atom stereocenters. The van der Waals surface area contributed by atoms with E-state index in [2.05, 4.69) is 10.3 Å². The Bertz CT molecular complexity index is 838. The summed E-state index contributed by atoms with van der Waals surface area (Å²) in [6.07, 6.45) is 3.36. The van der Waals surface area contributed by atoms with E-state index in [0.29, 0.717) is 11.4 Å². The fourth-order valence-corrected chi connectivity index (χ4v) is 4.09. The number of amides is 1. The third-order valence-corrected chi connectivity index (χ3v) is 5.73. The average Bonchev–Trinajstić information content (AvgIpc) is 3.47. The number of Topliss-reactive ketones (excluding diaryl/α,β-unsaturated/α-hetero) is 1. The van der Waals surface area contributed by atoms with Crippen LogP contribution in [0.15, 0.2) is 42.6 Å². The highest BCUT2D eigenvalue weighted by Crippen LogP contribution is 2.38. The van der Waals surface area contributed by atoms with E-state index in [1.165, 1.54) is 11.8 Å². The lowest BCUT2D eigenvalue weighted by atomic mass is 10.1. The van der Waals surface area contributed by atoms with Gasteiger partial charge in [-0.25, -0.2) is 0 Å². The average molecular weight is 384 g/mol. The molecule has 1 aromatic carbocycles. The van der Waals surface area contributed by atoms with Crippen molar-refractivity contribution < 1.29 is 19.1 Å². The van der Waals surface area contributed by atoms with Gasteiger partial charge in [-0.2, -0.15) is 0 Å². The number of carbonyl (C=O) groups is 2. The van der Waals surface area contributed by atoms with E-state index in [9.17, 15) is 9.59 Å². The van der Waals surface area contributed by atoms with Crippen molar-refractivity contribution in [3.05, 3.63) is 59.4 Å². The highest BCUT2D eigenvalue weighted by molar-refractivity contribution is 8.14. The van der Waals surface area contributed by atoms with Gasteiger partial charge in [-0.1, -0.05) is 36.9 Å².